The highest BCUT2D eigenvalue weighted by Gasteiger charge is 2.24. The molecule has 0 amide bonds. The van der Waals surface area contributed by atoms with Crippen molar-refractivity contribution in [3.63, 3.8) is 0 Å². The molecule has 0 N–H and O–H groups in total. The van der Waals surface area contributed by atoms with Crippen molar-refractivity contribution in [2.24, 2.45) is 0 Å². The zero-order valence-corrected chi connectivity index (χ0v) is 24.8. The number of thiazole rings is 3. The lowest BCUT2D eigenvalue weighted by atomic mass is 10.3. The molecule has 0 fully saturated rings. The Morgan fingerprint density at radius 3 is 2.29 bits per heavy atom. The molecule has 1 aliphatic heterocycles. The van der Waals surface area contributed by atoms with Gasteiger partial charge in [-0.05, 0) is 39.0 Å². The van der Waals surface area contributed by atoms with Gasteiger partial charge in [-0.3, -0.25) is 18.7 Å². The lowest BCUT2D eigenvalue weighted by molar-refractivity contribution is -0.665. The minimum atomic E-state index is -0.0383. The number of fused-ring (bicyclic) bond motifs is 2. The molecule has 1 aliphatic rings. The lowest BCUT2D eigenvalue weighted by Crippen LogP contribution is -2.34. The standard InChI is InChI=1S/C28H27N4O2S4/c1-5-30-18-13-9-11-15-20(18)35-21(30)16-22-31(6-2)25(33)24(37-22)28-32(7-3)26(34)23(38-28)27-29(4)17-12-8-10-14-19(17)36-27/h8-16H,5-7H2,1-4H3/q+1/b27-23+,28-24-. The van der Waals surface area contributed by atoms with Gasteiger partial charge in [0.25, 0.3) is 16.1 Å². The summed E-state index contributed by atoms with van der Waals surface area (Å²) >= 11 is 6.26. The van der Waals surface area contributed by atoms with Crippen LogP contribution >= 0.6 is 45.8 Å². The van der Waals surface area contributed by atoms with Gasteiger partial charge in [0, 0.05) is 31.1 Å². The Bertz CT molecular complexity index is 2040. The molecule has 0 aliphatic carbocycles. The summed E-state index contributed by atoms with van der Waals surface area (Å²) in [6.07, 6.45) is 2.13. The van der Waals surface area contributed by atoms with E-state index in [0.717, 1.165) is 36.5 Å². The molecule has 10 heteroatoms. The molecule has 194 valence electrons. The fourth-order valence-electron chi connectivity index (χ4n) is 4.86. The second-order valence-electron chi connectivity index (χ2n) is 8.84. The first kappa shape index (κ1) is 25.4. The first-order valence-corrected chi connectivity index (χ1v) is 15.8. The Balaban J connectivity index is 1.65. The van der Waals surface area contributed by atoms with E-state index in [0.29, 0.717) is 22.2 Å². The molecule has 0 bridgehead atoms. The van der Waals surface area contributed by atoms with E-state index in [1.165, 1.54) is 32.9 Å². The Kier molecular flexibility index (Phi) is 6.67. The van der Waals surface area contributed by atoms with Crippen molar-refractivity contribution >= 4 is 72.8 Å². The molecule has 2 aromatic carbocycles. The summed E-state index contributed by atoms with van der Waals surface area (Å²) in [6.45, 7) is 8.03. The van der Waals surface area contributed by atoms with Crippen molar-refractivity contribution in [2.45, 2.75) is 45.3 Å². The fraction of sp³-hybridized carbons (Fsp3) is 0.250. The number of hydrogen-bond donors (Lipinski definition) is 0. The van der Waals surface area contributed by atoms with E-state index in [9.17, 15) is 9.59 Å². The quantitative estimate of drug-likeness (QED) is 0.301. The number of anilines is 1. The lowest BCUT2D eigenvalue weighted by Gasteiger charge is -2.11. The number of aromatic nitrogens is 3. The van der Waals surface area contributed by atoms with Crippen molar-refractivity contribution in [1.29, 1.82) is 0 Å². The smallest absolute Gasteiger partial charge is 0.272 e. The van der Waals surface area contributed by atoms with Crippen LogP contribution in [-0.2, 0) is 19.6 Å². The summed E-state index contributed by atoms with van der Waals surface area (Å²) in [4.78, 5) is 30.6. The SMILES string of the molecule is CCn1c(=O)/c(=c2/s/c(=C3/Sc4ccccc4N3C)c(=O)n2CC)s/c1=C\c1sc2ccccc2[n+]1CC. The van der Waals surface area contributed by atoms with Gasteiger partial charge in [-0.25, -0.2) is 0 Å². The van der Waals surface area contributed by atoms with E-state index in [4.69, 9.17) is 0 Å². The number of para-hydroxylation sites is 2. The van der Waals surface area contributed by atoms with Gasteiger partial charge < -0.3 is 4.90 Å². The highest BCUT2D eigenvalue weighted by molar-refractivity contribution is 8.08. The Hall–Kier alpha value is -2.92. The molecular formula is C28H27N4O2S4+. The van der Waals surface area contributed by atoms with Gasteiger partial charge >= 0.3 is 0 Å². The van der Waals surface area contributed by atoms with E-state index >= 15 is 0 Å². The van der Waals surface area contributed by atoms with Gasteiger partial charge in [0.05, 0.1) is 11.8 Å². The second-order valence-corrected chi connectivity index (χ2v) is 13.0. The van der Waals surface area contributed by atoms with Crippen LogP contribution in [0.25, 0.3) is 21.3 Å². The Labute approximate surface area is 235 Å². The third-order valence-electron chi connectivity index (χ3n) is 6.75. The molecule has 6 nitrogen and oxygen atoms in total. The fourth-order valence-corrected chi connectivity index (χ4v) is 9.89. The second kappa shape index (κ2) is 10.00. The van der Waals surface area contributed by atoms with Crippen molar-refractivity contribution in [2.75, 3.05) is 11.9 Å². The average molecular weight is 580 g/mol. The van der Waals surface area contributed by atoms with Gasteiger partial charge in [0.2, 0.25) is 5.52 Å². The van der Waals surface area contributed by atoms with Crippen LogP contribution in [0.3, 0.4) is 0 Å². The normalized spacial score (nSPS) is 16.1. The molecule has 5 aromatic rings. The first-order chi connectivity index (χ1) is 18.5. The number of hydrogen-bond acceptors (Lipinski definition) is 7. The summed E-state index contributed by atoms with van der Waals surface area (Å²) in [5.41, 5.74) is 2.22. The van der Waals surface area contributed by atoms with Crippen molar-refractivity contribution < 1.29 is 4.57 Å². The van der Waals surface area contributed by atoms with E-state index < -0.39 is 0 Å². The molecule has 0 unspecified atom stereocenters. The maximum Gasteiger partial charge on any atom is 0.272 e. The number of benzene rings is 2. The van der Waals surface area contributed by atoms with Gasteiger partial charge in [0.15, 0.2) is 0 Å². The average Bonchev–Trinajstić information content (AvgIpc) is 3.64. The minimum Gasteiger partial charge on any atom is -0.337 e. The minimum absolute atomic E-state index is 0.0376. The highest BCUT2D eigenvalue weighted by atomic mass is 32.2. The van der Waals surface area contributed by atoms with E-state index in [1.807, 2.05) is 37.6 Å². The topological polar surface area (TPSA) is 51.1 Å². The first-order valence-electron chi connectivity index (χ1n) is 12.6. The number of aryl methyl sites for hydroxylation is 1. The maximum absolute atomic E-state index is 13.7. The molecule has 6 rings (SSSR count). The van der Waals surface area contributed by atoms with Crippen LogP contribution in [0.5, 0.6) is 0 Å². The number of nitrogens with zero attached hydrogens (tertiary/aromatic N) is 4. The van der Waals surface area contributed by atoms with E-state index in [1.54, 1.807) is 27.7 Å². The monoisotopic (exact) mass is 579 g/mol. The summed E-state index contributed by atoms with van der Waals surface area (Å²) < 4.78 is 10.0. The van der Waals surface area contributed by atoms with Gasteiger partial charge in [-0.15, -0.1) is 22.7 Å². The Morgan fingerprint density at radius 1 is 0.842 bits per heavy atom. The van der Waals surface area contributed by atoms with Gasteiger partial charge in [-0.1, -0.05) is 47.4 Å². The van der Waals surface area contributed by atoms with Gasteiger partial charge in [-0.2, -0.15) is 4.57 Å². The number of rotatable bonds is 4. The molecule has 0 saturated carbocycles. The summed E-state index contributed by atoms with van der Waals surface area (Å²) in [5.74, 6) is 0. The van der Waals surface area contributed by atoms with E-state index in [-0.39, 0.29) is 11.1 Å². The molecule has 0 radical (unpaired) electrons. The molecule has 0 spiro atoms. The van der Waals surface area contributed by atoms with Crippen LogP contribution in [0.1, 0.15) is 25.8 Å². The zero-order chi connectivity index (χ0) is 26.6. The van der Waals surface area contributed by atoms with Crippen molar-refractivity contribution in [3.8, 4) is 0 Å². The zero-order valence-electron chi connectivity index (χ0n) is 21.6. The summed E-state index contributed by atoms with van der Waals surface area (Å²) in [7, 11) is 2.00. The molecule has 0 saturated heterocycles. The van der Waals surface area contributed by atoms with E-state index in [2.05, 4.69) is 58.9 Å². The van der Waals surface area contributed by atoms with Crippen molar-refractivity contribution in [3.05, 3.63) is 92.6 Å². The predicted molar refractivity (Wildman–Crippen MR) is 161 cm³/mol. The maximum atomic E-state index is 13.7. The predicted octanol–water partition coefficient (Wildman–Crippen LogP) is 4.12. The molecular weight excluding hydrogens is 553 g/mol. The third kappa shape index (κ3) is 3.93. The summed E-state index contributed by atoms with van der Waals surface area (Å²) in [5, 5.41) is 2.03. The third-order valence-corrected chi connectivity index (χ3v) is 11.7. The van der Waals surface area contributed by atoms with Crippen LogP contribution in [0.15, 0.2) is 63.0 Å². The summed E-state index contributed by atoms with van der Waals surface area (Å²) in [6, 6.07) is 16.6. The van der Waals surface area contributed by atoms with Crippen LogP contribution in [-0.4, -0.2) is 16.2 Å². The van der Waals surface area contributed by atoms with Crippen LogP contribution in [0, 0.1) is 9.20 Å². The van der Waals surface area contributed by atoms with Crippen molar-refractivity contribution in [1.82, 2.24) is 9.13 Å². The highest BCUT2D eigenvalue weighted by Crippen LogP contribution is 2.45. The number of thioether (sulfide) groups is 1. The molecule has 0 atom stereocenters. The largest absolute Gasteiger partial charge is 0.337 e. The van der Waals surface area contributed by atoms with Crippen LogP contribution in [0.2, 0.25) is 0 Å². The molecule has 3 aromatic heterocycles. The van der Waals surface area contributed by atoms with Gasteiger partial charge in [0.1, 0.15) is 34.7 Å². The molecule has 4 heterocycles. The van der Waals surface area contributed by atoms with Crippen LogP contribution < -0.4 is 29.8 Å². The van der Waals surface area contributed by atoms with Crippen LogP contribution in [0.4, 0.5) is 5.69 Å². The Morgan fingerprint density at radius 2 is 1.55 bits per heavy atom. The molecule has 38 heavy (non-hydrogen) atoms.